The van der Waals surface area contributed by atoms with Crippen LogP contribution >= 0.6 is 11.6 Å². The topological polar surface area (TPSA) is 52.7 Å². The molecule has 0 bridgehead atoms. The number of rotatable bonds is 4. The van der Waals surface area contributed by atoms with Crippen LogP contribution < -0.4 is 5.32 Å². The number of piperidine rings is 1. The highest BCUT2D eigenvalue weighted by Crippen LogP contribution is 2.22. The molecule has 0 aromatic heterocycles. The molecule has 1 saturated heterocycles. The lowest BCUT2D eigenvalue weighted by Crippen LogP contribution is -2.44. The second-order valence-corrected chi connectivity index (χ2v) is 6.61. The van der Waals surface area contributed by atoms with Crippen molar-refractivity contribution in [3.63, 3.8) is 0 Å². The lowest BCUT2D eigenvalue weighted by atomic mass is 10.0. The minimum absolute atomic E-state index is 0.0560. The molecule has 1 aromatic rings. The SMILES string of the molecule is CC1CCCCN1C(=O)CNc1cc(Cl)ccc1C(=O)N(C)C. The maximum absolute atomic E-state index is 12.4. The molecule has 1 aliphatic rings. The molecule has 2 rings (SSSR count). The Bertz CT molecular complexity index is 589. The number of benzene rings is 1. The summed E-state index contributed by atoms with van der Waals surface area (Å²) < 4.78 is 0. The molecule has 1 N–H and O–H groups in total. The lowest BCUT2D eigenvalue weighted by molar-refractivity contribution is -0.132. The number of carbonyl (C=O) groups is 2. The largest absolute Gasteiger partial charge is 0.375 e. The second-order valence-electron chi connectivity index (χ2n) is 6.17. The van der Waals surface area contributed by atoms with Crippen molar-refractivity contribution in [1.29, 1.82) is 0 Å². The number of amides is 2. The van der Waals surface area contributed by atoms with E-state index >= 15 is 0 Å². The molecule has 0 radical (unpaired) electrons. The van der Waals surface area contributed by atoms with Crippen molar-refractivity contribution in [2.45, 2.75) is 32.2 Å². The van der Waals surface area contributed by atoms with Crippen molar-refractivity contribution < 1.29 is 9.59 Å². The van der Waals surface area contributed by atoms with Gasteiger partial charge in [-0.2, -0.15) is 0 Å². The minimum atomic E-state index is -0.122. The number of anilines is 1. The summed E-state index contributed by atoms with van der Waals surface area (Å²) in [5.74, 6) is -0.0663. The molecule has 2 amide bonds. The van der Waals surface area contributed by atoms with Gasteiger partial charge in [-0.1, -0.05) is 11.6 Å². The van der Waals surface area contributed by atoms with Gasteiger partial charge in [0.2, 0.25) is 5.91 Å². The summed E-state index contributed by atoms with van der Waals surface area (Å²) in [5.41, 5.74) is 1.10. The molecule has 1 unspecified atom stereocenters. The summed E-state index contributed by atoms with van der Waals surface area (Å²) >= 11 is 6.03. The van der Waals surface area contributed by atoms with Crippen LogP contribution in [0.1, 0.15) is 36.5 Å². The van der Waals surface area contributed by atoms with Crippen LogP contribution in [0.25, 0.3) is 0 Å². The van der Waals surface area contributed by atoms with Crippen LogP contribution in [-0.4, -0.2) is 54.8 Å². The quantitative estimate of drug-likeness (QED) is 0.919. The first-order chi connectivity index (χ1) is 10.9. The van der Waals surface area contributed by atoms with Gasteiger partial charge < -0.3 is 15.1 Å². The normalized spacial score (nSPS) is 17.7. The van der Waals surface area contributed by atoms with Gasteiger partial charge >= 0.3 is 0 Å². The van der Waals surface area contributed by atoms with Crippen molar-refractivity contribution in [3.05, 3.63) is 28.8 Å². The average Bonchev–Trinajstić information content (AvgIpc) is 2.52. The summed E-state index contributed by atoms with van der Waals surface area (Å²) in [4.78, 5) is 28.1. The lowest BCUT2D eigenvalue weighted by Gasteiger charge is -2.33. The summed E-state index contributed by atoms with van der Waals surface area (Å²) in [5, 5.41) is 3.61. The molecular weight excluding hydrogens is 314 g/mol. The predicted octanol–water partition coefficient (Wildman–Crippen LogP) is 2.85. The first kappa shape index (κ1) is 17.6. The molecular formula is C17H24ClN3O2. The van der Waals surface area contributed by atoms with Crippen LogP contribution in [0.15, 0.2) is 18.2 Å². The smallest absolute Gasteiger partial charge is 0.255 e. The number of halogens is 1. The van der Waals surface area contributed by atoms with E-state index in [-0.39, 0.29) is 24.4 Å². The number of hydrogen-bond donors (Lipinski definition) is 1. The standard InChI is InChI=1S/C17H24ClN3O2/c1-12-6-4-5-9-21(12)16(22)11-19-15-10-13(18)7-8-14(15)17(23)20(2)3/h7-8,10,12,19H,4-6,9,11H2,1-3H3. The van der Waals surface area contributed by atoms with Crippen LogP contribution in [0, 0.1) is 0 Å². The molecule has 1 aromatic carbocycles. The first-order valence-corrected chi connectivity index (χ1v) is 8.32. The van der Waals surface area contributed by atoms with Gasteiger partial charge in [0, 0.05) is 37.4 Å². The van der Waals surface area contributed by atoms with E-state index in [1.54, 1.807) is 32.3 Å². The zero-order valence-corrected chi connectivity index (χ0v) is 14.7. The third-order valence-corrected chi connectivity index (χ3v) is 4.41. The van der Waals surface area contributed by atoms with E-state index in [4.69, 9.17) is 11.6 Å². The molecule has 23 heavy (non-hydrogen) atoms. The monoisotopic (exact) mass is 337 g/mol. The van der Waals surface area contributed by atoms with Gasteiger partial charge in [0.25, 0.3) is 5.91 Å². The van der Waals surface area contributed by atoms with E-state index in [0.29, 0.717) is 16.3 Å². The molecule has 0 aliphatic carbocycles. The van der Waals surface area contributed by atoms with Gasteiger partial charge in [-0.3, -0.25) is 9.59 Å². The first-order valence-electron chi connectivity index (χ1n) is 7.94. The number of nitrogens with one attached hydrogen (secondary N) is 1. The summed E-state index contributed by atoms with van der Waals surface area (Å²) in [6.07, 6.45) is 3.28. The van der Waals surface area contributed by atoms with E-state index in [0.717, 1.165) is 19.4 Å². The molecule has 1 atom stereocenters. The Morgan fingerprint density at radius 1 is 1.35 bits per heavy atom. The zero-order valence-electron chi connectivity index (χ0n) is 13.9. The highest BCUT2D eigenvalue weighted by atomic mass is 35.5. The maximum atomic E-state index is 12.4. The Balaban J connectivity index is 2.09. The average molecular weight is 338 g/mol. The van der Waals surface area contributed by atoms with Crippen LogP contribution in [-0.2, 0) is 4.79 Å². The van der Waals surface area contributed by atoms with E-state index in [1.807, 2.05) is 4.90 Å². The van der Waals surface area contributed by atoms with Crippen molar-refractivity contribution in [2.75, 3.05) is 32.5 Å². The van der Waals surface area contributed by atoms with E-state index in [9.17, 15) is 9.59 Å². The molecule has 0 spiro atoms. The fourth-order valence-electron chi connectivity index (χ4n) is 2.83. The van der Waals surface area contributed by atoms with Crippen molar-refractivity contribution in [1.82, 2.24) is 9.80 Å². The Labute approximate surface area is 142 Å². The molecule has 0 saturated carbocycles. The molecule has 1 heterocycles. The van der Waals surface area contributed by atoms with Gasteiger partial charge in [0.15, 0.2) is 0 Å². The number of carbonyl (C=O) groups excluding carboxylic acids is 2. The minimum Gasteiger partial charge on any atom is -0.375 e. The highest BCUT2D eigenvalue weighted by Gasteiger charge is 2.23. The third-order valence-electron chi connectivity index (χ3n) is 4.17. The Morgan fingerprint density at radius 2 is 2.09 bits per heavy atom. The fraction of sp³-hybridized carbons (Fsp3) is 0.529. The Kier molecular flexibility index (Phi) is 5.88. The van der Waals surface area contributed by atoms with E-state index in [2.05, 4.69) is 12.2 Å². The van der Waals surface area contributed by atoms with E-state index in [1.165, 1.54) is 11.3 Å². The van der Waals surface area contributed by atoms with Crippen LogP contribution in [0.4, 0.5) is 5.69 Å². The van der Waals surface area contributed by atoms with Gasteiger partial charge in [0.1, 0.15) is 0 Å². The van der Waals surface area contributed by atoms with Gasteiger partial charge in [-0.15, -0.1) is 0 Å². The number of nitrogens with zero attached hydrogens (tertiary/aromatic N) is 2. The van der Waals surface area contributed by atoms with Gasteiger partial charge in [-0.05, 0) is 44.4 Å². The zero-order chi connectivity index (χ0) is 17.0. The Hall–Kier alpha value is -1.75. The van der Waals surface area contributed by atoms with Crippen molar-refractivity contribution >= 4 is 29.1 Å². The third kappa shape index (κ3) is 4.38. The summed E-state index contributed by atoms with van der Waals surface area (Å²) in [6.45, 7) is 3.05. The van der Waals surface area contributed by atoms with Gasteiger partial charge in [0.05, 0.1) is 12.1 Å². The summed E-state index contributed by atoms with van der Waals surface area (Å²) in [7, 11) is 3.39. The van der Waals surface area contributed by atoms with Crippen LogP contribution in [0.5, 0.6) is 0 Å². The number of hydrogen-bond acceptors (Lipinski definition) is 3. The highest BCUT2D eigenvalue weighted by molar-refractivity contribution is 6.31. The molecule has 1 aliphatic heterocycles. The van der Waals surface area contributed by atoms with Gasteiger partial charge in [-0.25, -0.2) is 0 Å². The predicted molar refractivity (Wildman–Crippen MR) is 93.0 cm³/mol. The fourth-order valence-corrected chi connectivity index (χ4v) is 3.00. The maximum Gasteiger partial charge on any atom is 0.255 e. The van der Waals surface area contributed by atoms with Crippen molar-refractivity contribution in [2.24, 2.45) is 0 Å². The molecule has 1 fully saturated rings. The van der Waals surface area contributed by atoms with Crippen LogP contribution in [0.3, 0.4) is 0 Å². The second kappa shape index (κ2) is 7.68. The van der Waals surface area contributed by atoms with Crippen molar-refractivity contribution in [3.8, 4) is 0 Å². The molecule has 126 valence electrons. The van der Waals surface area contributed by atoms with E-state index < -0.39 is 0 Å². The Morgan fingerprint density at radius 3 is 2.74 bits per heavy atom. The molecule has 6 heteroatoms. The number of likely N-dealkylation sites (tertiary alicyclic amines) is 1. The molecule has 5 nitrogen and oxygen atoms in total. The summed E-state index contributed by atoms with van der Waals surface area (Å²) in [6, 6.07) is 5.32. The van der Waals surface area contributed by atoms with Crippen LogP contribution in [0.2, 0.25) is 5.02 Å².